The Balaban J connectivity index is 2.01. The molecule has 0 amide bonds. The van der Waals surface area contributed by atoms with Gasteiger partial charge in [-0.1, -0.05) is 6.07 Å². The first-order valence-corrected chi connectivity index (χ1v) is 7.94. The molecule has 3 rings (SSSR count). The maximum Gasteiger partial charge on any atom is 0.265 e. The lowest BCUT2D eigenvalue weighted by atomic mass is 10.2. The maximum absolute atomic E-state index is 12.6. The average Bonchev–Trinajstić information content (AvgIpc) is 2.94. The molecule has 0 atom stereocenters. The van der Waals surface area contributed by atoms with Crippen LogP contribution in [0.5, 0.6) is 5.75 Å². The second kappa shape index (κ2) is 5.30. The number of ether oxygens (including phenoxy) is 1. The summed E-state index contributed by atoms with van der Waals surface area (Å²) >= 11 is 0. The van der Waals surface area contributed by atoms with Crippen molar-refractivity contribution in [2.45, 2.75) is 11.8 Å². The van der Waals surface area contributed by atoms with Crippen molar-refractivity contribution in [3.8, 4) is 5.75 Å². The predicted molar refractivity (Wildman–Crippen MR) is 82.4 cm³/mol. The molecular weight excluding hydrogens is 304 g/mol. The summed E-state index contributed by atoms with van der Waals surface area (Å²) < 4.78 is 32.8. The molecular formula is C14H14N4O3S. The molecule has 0 aliphatic heterocycles. The number of sulfonamides is 1. The standard InChI is InChI=1S/C14H14N4O3S/c1-9-3-4-12(21-2)13(5-9)22(19,20)18-10-6-11-14(15-7-10)17-8-16-11/h3-8,18H,1-2H3,(H,15,16,17). The van der Waals surface area contributed by atoms with Crippen LogP contribution in [0.2, 0.25) is 0 Å². The third kappa shape index (κ3) is 2.60. The number of aromatic amines is 1. The summed E-state index contributed by atoms with van der Waals surface area (Å²) in [6.45, 7) is 1.82. The largest absolute Gasteiger partial charge is 0.495 e. The minimum absolute atomic E-state index is 0.0831. The van der Waals surface area contributed by atoms with E-state index >= 15 is 0 Å². The topological polar surface area (TPSA) is 97.0 Å². The highest BCUT2D eigenvalue weighted by atomic mass is 32.2. The van der Waals surface area contributed by atoms with Gasteiger partial charge in [-0.2, -0.15) is 0 Å². The second-order valence-corrected chi connectivity index (χ2v) is 6.41. The van der Waals surface area contributed by atoms with Crippen LogP contribution in [0.25, 0.3) is 11.2 Å². The van der Waals surface area contributed by atoms with Crippen LogP contribution in [0.4, 0.5) is 5.69 Å². The number of benzene rings is 1. The van der Waals surface area contributed by atoms with Gasteiger partial charge < -0.3 is 9.72 Å². The summed E-state index contributed by atoms with van der Waals surface area (Å²) in [4.78, 5) is 11.0. The number of nitrogens with one attached hydrogen (secondary N) is 2. The van der Waals surface area contributed by atoms with Crippen LogP contribution in [0, 0.1) is 6.92 Å². The first-order chi connectivity index (χ1) is 10.5. The monoisotopic (exact) mass is 318 g/mol. The number of fused-ring (bicyclic) bond motifs is 1. The molecule has 0 bridgehead atoms. The number of hydrogen-bond donors (Lipinski definition) is 2. The minimum Gasteiger partial charge on any atom is -0.495 e. The molecule has 2 N–H and O–H groups in total. The maximum atomic E-state index is 12.6. The minimum atomic E-state index is -3.78. The SMILES string of the molecule is COc1ccc(C)cc1S(=O)(=O)Nc1cnc2nc[nH]c2c1. The lowest BCUT2D eigenvalue weighted by molar-refractivity contribution is 0.402. The zero-order valence-corrected chi connectivity index (χ0v) is 12.8. The van der Waals surface area contributed by atoms with Gasteiger partial charge in [-0.3, -0.25) is 4.72 Å². The Labute approximate surface area is 127 Å². The van der Waals surface area contributed by atoms with Gasteiger partial charge in [0.1, 0.15) is 10.6 Å². The Morgan fingerprint density at radius 3 is 2.82 bits per heavy atom. The Bertz CT molecular complexity index is 934. The molecule has 0 radical (unpaired) electrons. The number of aryl methyl sites for hydroxylation is 1. The lowest BCUT2D eigenvalue weighted by Gasteiger charge is -2.12. The van der Waals surface area contributed by atoms with Gasteiger partial charge in [-0.15, -0.1) is 0 Å². The smallest absolute Gasteiger partial charge is 0.265 e. The zero-order valence-electron chi connectivity index (χ0n) is 12.0. The van der Waals surface area contributed by atoms with Gasteiger partial charge in [0.25, 0.3) is 10.0 Å². The molecule has 22 heavy (non-hydrogen) atoms. The van der Waals surface area contributed by atoms with E-state index in [-0.39, 0.29) is 10.6 Å². The third-order valence-electron chi connectivity index (χ3n) is 3.13. The summed E-state index contributed by atoms with van der Waals surface area (Å²) in [5, 5.41) is 0. The van der Waals surface area contributed by atoms with Crippen LogP contribution in [-0.4, -0.2) is 30.5 Å². The molecule has 0 spiro atoms. The van der Waals surface area contributed by atoms with Gasteiger partial charge in [-0.25, -0.2) is 18.4 Å². The molecule has 3 aromatic rings. The van der Waals surface area contributed by atoms with Crippen LogP contribution >= 0.6 is 0 Å². The summed E-state index contributed by atoms with van der Waals surface area (Å²) in [5.74, 6) is 0.286. The van der Waals surface area contributed by atoms with Crippen LogP contribution in [0.3, 0.4) is 0 Å². The summed E-state index contributed by atoms with van der Waals surface area (Å²) in [7, 11) is -2.35. The van der Waals surface area contributed by atoms with Crippen molar-refractivity contribution < 1.29 is 13.2 Å². The van der Waals surface area contributed by atoms with E-state index in [1.54, 1.807) is 24.3 Å². The summed E-state index contributed by atoms with van der Waals surface area (Å²) in [5.41, 5.74) is 2.34. The first-order valence-electron chi connectivity index (χ1n) is 6.46. The van der Waals surface area contributed by atoms with Crippen LogP contribution in [0.15, 0.2) is 41.7 Å². The van der Waals surface area contributed by atoms with Gasteiger partial charge in [0.2, 0.25) is 0 Å². The first kappa shape index (κ1) is 14.3. The van der Waals surface area contributed by atoms with Crippen molar-refractivity contribution in [2.24, 2.45) is 0 Å². The molecule has 2 aromatic heterocycles. The molecule has 0 fully saturated rings. The Morgan fingerprint density at radius 1 is 1.23 bits per heavy atom. The van der Waals surface area contributed by atoms with Gasteiger partial charge >= 0.3 is 0 Å². The fourth-order valence-corrected chi connectivity index (χ4v) is 3.38. The van der Waals surface area contributed by atoms with E-state index in [1.807, 2.05) is 6.92 Å². The fraction of sp³-hybridized carbons (Fsp3) is 0.143. The molecule has 0 aliphatic rings. The van der Waals surface area contributed by atoms with E-state index in [4.69, 9.17) is 4.74 Å². The van der Waals surface area contributed by atoms with Gasteiger partial charge in [0.15, 0.2) is 5.65 Å². The number of H-pyrrole nitrogens is 1. The van der Waals surface area contributed by atoms with Gasteiger partial charge in [0, 0.05) is 0 Å². The molecule has 7 nitrogen and oxygen atoms in total. The average molecular weight is 318 g/mol. The second-order valence-electron chi connectivity index (χ2n) is 4.76. The zero-order chi connectivity index (χ0) is 15.7. The highest BCUT2D eigenvalue weighted by Crippen LogP contribution is 2.27. The van der Waals surface area contributed by atoms with Crippen molar-refractivity contribution >= 4 is 26.9 Å². The number of aromatic nitrogens is 3. The van der Waals surface area contributed by atoms with Crippen molar-refractivity contribution in [3.63, 3.8) is 0 Å². The van der Waals surface area contributed by atoms with Crippen molar-refractivity contribution in [3.05, 3.63) is 42.4 Å². The van der Waals surface area contributed by atoms with E-state index in [0.717, 1.165) is 5.56 Å². The van der Waals surface area contributed by atoms with E-state index in [1.165, 1.54) is 19.6 Å². The Kier molecular flexibility index (Phi) is 3.45. The van der Waals surface area contributed by atoms with Crippen molar-refractivity contribution in [1.82, 2.24) is 15.0 Å². The van der Waals surface area contributed by atoms with Crippen molar-refractivity contribution in [2.75, 3.05) is 11.8 Å². The lowest BCUT2D eigenvalue weighted by Crippen LogP contribution is -2.14. The fourth-order valence-electron chi connectivity index (χ4n) is 2.09. The van der Waals surface area contributed by atoms with E-state index in [9.17, 15) is 8.42 Å². The van der Waals surface area contributed by atoms with E-state index in [2.05, 4.69) is 19.7 Å². The molecule has 1 aromatic carbocycles. The van der Waals surface area contributed by atoms with Crippen LogP contribution < -0.4 is 9.46 Å². The normalized spacial score (nSPS) is 11.5. The third-order valence-corrected chi connectivity index (χ3v) is 4.54. The predicted octanol–water partition coefficient (Wildman–Crippen LogP) is 2.08. The number of anilines is 1. The van der Waals surface area contributed by atoms with Gasteiger partial charge in [-0.05, 0) is 30.7 Å². The molecule has 0 saturated heterocycles. The molecule has 0 aliphatic carbocycles. The number of pyridine rings is 1. The van der Waals surface area contributed by atoms with Crippen LogP contribution in [-0.2, 0) is 10.0 Å². The Hall–Kier alpha value is -2.61. The highest BCUT2D eigenvalue weighted by molar-refractivity contribution is 7.92. The Morgan fingerprint density at radius 2 is 2.05 bits per heavy atom. The highest BCUT2D eigenvalue weighted by Gasteiger charge is 2.20. The van der Waals surface area contributed by atoms with Crippen LogP contribution in [0.1, 0.15) is 5.56 Å². The van der Waals surface area contributed by atoms with E-state index in [0.29, 0.717) is 16.9 Å². The van der Waals surface area contributed by atoms with Gasteiger partial charge in [0.05, 0.1) is 30.8 Å². The molecule has 2 heterocycles. The molecule has 0 unspecified atom stereocenters. The molecule has 8 heteroatoms. The number of methoxy groups -OCH3 is 1. The summed E-state index contributed by atoms with van der Waals surface area (Å²) in [6.07, 6.45) is 2.92. The van der Waals surface area contributed by atoms with Crippen molar-refractivity contribution in [1.29, 1.82) is 0 Å². The number of hydrogen-bond acceptors (Lipinski definition) is 5. The number of imidazole rings is 1. The number of nitrogens with zero attached hydrogens (tertiary/aromatic N) is 2. The number of rotatable bonds is 4. The quantitative estimate of drug-likeness (QED) is 0.767. The summed E-state index contributed by atoms with van der Waals surface area (Å²) in [6, 6.07) is 6.61. The van der Waals surface area contributed by atoms with E-state index < -0.39 is 10.0 Å². The molecule has 114 valence electrons. The molecule has 0 saturated carbocycles.